The van der Waals surface area contributed by atoms with Gasteiger partial charge in [0, 0.05) is 17.6 Å². The number of fused-ring (bicyclic) bond motifs is 1. The molecule has 25 heavy (non-hydrogen) atoms. The molecular weight excluding hydrogens is 310 g/mol. The molecule has 1 N–H and O–H groups in total. The van der Waals surface area contributed by atoms with Crippen molar-refractivity contribution < 1.29 is 4.74 Å². The largest absolute Gasteiger partial charge is 0.497 e. The Morgan fingerprint density at radius 1 is 1.16 bits per heavy atom. The molecule has 138 valence electrons. The van der Waals surface area contributed by atoms with Crippen LogP contribution < -0.4 is 10.1 Å². The number of anilines is 1. The molecule has 0 saturated heterocycles. The third-order valence-corrected chi connectivity index (χ3v) is 4.93. The minimum absolute atomic E-state index is 0.319. The maximum Gasteiger partial charge on any atom is 0.121 e. The average Bonchev–Trinajstić information content (AvgIpc) is 2.63. The van der Waals surface area contributed by atoms with Gasteiger partial charge in [-0.25, -0.2) is 0 Å². The smallest absolute Gasteiger partial charge is 0.121 e. The van der Waals surface area contributed by atoms with E-state index >= 15 is 0 Å². The highest BCUT2D eigenvalue weighted by atomic mass is 16.5. The summed E-state index contributed by atoms with van der Waals surface area (Å²) in [6.45, 7) is 10.9. The van der Waals surface area contributed by atoms with Gasteiger partial charge >= 0.3 is 0 Å². The summed E-state index contributed by atoms with van der Waals surface area (Å²) in [7, 11) is 1.72. The SMILES string of the molecule is CCCCCC(Nc1cc(OC)cc2c(C)ccnc12)N(CC)CC. The number of benzene rings is 1. The maximum atomic E-state index is 5.53. The Morgan fingerprint density at radius 2 is 1.92 bits per heavy atom. The van der Waals surface area contributed by atoms with Gasteiger partial charge in [0.15, 0.2) is 0 Å². The van der Waals surface area contributed by atoms with Gasteiger partial charge in [-0.05, 0) is 44.1 Å². The minimum atomic E-state index is 0.319. The molecular formula is C21H33N3O. The zero-order chi connectivity index (χ0) is 18.2. The van der Waals surface area contributed by atoms with Crippen LogP contribution in [0.3, 0.4) is 0 Å². The molecule has 0 bridgehead atoms. The van der Waals surface area contributed by atoms with Gasteiger partial charge in [-0.15, -0.1) is 0 Å². The fourth-order valence-corrected chi connectivity index (χ4v) is 3.37. The fraction of sp³-hybridized carbons (Fsp3) is 0.571. The van der Waals surface area contributed by atoms with E-state index in [1.54, 1.807) is 7.11 Å². The molecule has 0 aliphatic heterocycles. The lowest BCUT2D eigenvalue weighted by Crippen LogP contribution is -2.40. The second kappa shape index (κ2) is 9.62. The summed E-state index contributed by atoms with van der Waals surface area (Å²) in [6.07, 6.45) is 7.10. The number of nitrogens with zero attached hydrogens (tertiary/aromatic N) is 2. The van der Waals surface area contributed by atoms with Crippen molar-refractivity contribution >= 4 is 16.6 Å². The normalized spacial score (nSPS) is 12.6. The van der Waals surface area contributed by atoms with Crippen molar-refractivity contribution in [2.75, 3.05) is 25.5 Å². The lowest BCUT2D eigenvalue weighted by molar-refractivity contribution is 0.224. The molecule has 1 aromatic carbocycles. The molecule has 0 fully saturated rings. The quantitative estimate of drug-likeness (QED) is 0.474. The zero-order valence-corrected chi connectivity index (χ0v) is 16.4. The molecule has 0 aliphatic carbocycles. The number of pyridine rings is 1. The molecule has 2 aromatic rings. The van der Waals surface area contributed by atoms with Gasteiger partial charge in [-0.2, -0.15) is 0 Å². The molecule has 0 aliphatic rings. The Morgan fingerprint density at radius 3 is 2.56 bits per heavy atom. The molecule has 0 saturated carbocycles. The van der Waals surface area contributed by atoms with Crippen LogP contribution in [0.15, 0.2) is 24.4 Å². The Bertz CT molecular complexity index is 667. The third-order valence-electron chi connectivity index (χ3n) is 4.93. The highest BCUT2D eigenvalue weighted by Gasteiger charge is 2.17. The standard InChI is InChI=1S/C21H33N3O/c1-6-9-10-11-20(24(7-2)8-3)23-19-15-17(25-5)14-18-16(4)12-13-22-21(18)19/h12-15,20,23H,6-11H2,1-5H3. The summed E-state index contributed by atoms with van der Waals surface area (Å²) in [5.74, 6) is 0.873. The summed E-state index contributed by atoms with van der Waals surface area (Å²) < 4.78 is 5.53. The van der Waals surface area contributed by atoms with Crippen molar-refractivity contribution in [2.45, 2.75) is 59.5 Å². The predicted molar refractivity (Wildman–Crippen MR) is 108 cm³/mol. The van der Waals surface area contributed by atoms with E-state index in [0.717, 1.165) is 41.9 Å². The van der Waals surface area contributed by atoms with Gasteiger partial charge in [0.05, 0.1) is 24.5 Å². The van der Waals surface area contributed by atoms with Crippen LogP contribution in [-0.4, -0.2) is 36.2 Å². The molecule has 4 heteroatoms. The van der Waals surface area contributed by atoms with Crippen LogP contribution in [-0.2, 0) is 0 Å². The van der Waals surface area contributed by atoms with Gasteiger partial charge in [-0.1, -0.05) is 40.0 Å². The number of rotatable bonds is 10. The molecule has 2 rings (SSSR count). The zero-order valence-electron chi connectivity index (χ0n) is 16.4. The summed E-state index contributed by atoms with van der Waals surface area (Å²) in [6, 6.07) is 6.20. The predicted octanol–water partition coefficient (Wildman–Crippen LogP) is 5.21. The molecule has 1 aromatic heterocycles. The number of hydrogen-bond acceptors (Lipinski definition) is 4. The van der Waals surface area contributed by atoms with Crippen LogP contribution in [0.25, 0.3) is 10.9 Å². The Hall–Kier alpha value is -1.81. The van der Waals surface area contributed by atoms with E-state index in [2.05, 4.69) is 61.1 Å². The van der Waals surface area contributed by atoms with E-state index in [1.807, 2.05) is 6.20 Å². The van der Waals surface area contributed by atoms with E-state index in [-0.39, 0.29) is 0 Å². The van der Waals surface area contributed by atoms with Crippen LogP contribution >= 0.6 is 0 Å². The van der Waals surface area contributed by atoms with E-state index in [9.17, 15) is 0 Å². The van der Waals surface area contributed by atoms with E-state index in [4.69, 9.17) is 4.74 Å². The molecule has 0 amide bonds. The number of unbranched alkanes of at least 4 members (excludes halogenated alkanes) is 2. The first kappa shape index (κ1) is 19.5. The van der Waals surface area contributed by atoms with Gasteiger partial charge in [0.25, 0.3) is 0 Å². The van der Waals surface area contributed by atoms with Gasteiger partial charge in [0.2, 0.25) is 0 Å². The monoisotopic (exact) mass is 343 g/mol. The van der Waals surface area contributed by atoms with Gasteiger partial charge in [0.1, 0.15) is 5.75 Å². The second-order valence-electron chi connectivity index (χ2n) is 6.58. The molecule has 1 atom stereocenters. The lowest BCUT2D eigenvalue weighted by Gasteiger charge is -2.31. The van der Waals surface area contributed by atoms with E-state index in [1.165, 1.54) is 24.8 Å². The number of nitrogens with one attached hydrogen (secondary N) is 1. The summed E-state index contributed by atoms with van der Waals surface area (Å²) >= 11 is 0. The average molecular weight is 344 g/mol. The summed E-state index contributed by atoms with van der Waals surface area (Å²) in [5, 5.41) is 4.92. The van der Waals surface area contributed by atoms with Crippen molar-refractivity contribution in [1.29, 1.82) is 0 Å². The highest BCUT2D eigenvalue weighted by molar-refractivity contribution is 5.94. The Balaban J connectivity index is 2.38. The summed E-state index contributed by atoms with van der Waals surface area (Å²) in [4.78, 5) is 7.12. The van der Waals surface area contributed by atoms with Crippen molar-refractivity contribution in [3.8, 4) is 5.75 Å². The lowest BCUT2D eigenvalue weighted by atomic mass is 10.1. The van der Waals surface area contributed by atoms with Gasteiger partial charge in [-0.3, -0.25) is 9.88 Å². The van der Waals surface area contributed by atoms with Gasteiger partial charge < -0.3 is 10.1 Å². The number of aryl methyl sites for hydroxylation is 1. The topological polar surface area (TPSA) is 37.4 Å². The fourth-order valence-electron chi connectivity index (χ4n) is 3.37. The Labute approximate surface area is 152 Å². The van der Waals surface area contributed by atoms with E-state index in [0.29, 0.717) is 6.17 Å². The first-order chi connectivity index (χ1) is 12.1. The molecule has 4 nitrogen and oxygen atoms in total. The number of hydrogen-bond donors (Lipinski definition) is 1. The van der Waals surface area contributed by atoms with Crippen molar-refractivity contribution in [3.05, 3.63) is 30.0 Å². The van der Waals surface area contributed by atoms with Crippen LogP contribution in [0.1, 0.15) is 52.0 Å². The van der Waals surface area contributed by atoms with Crippen LogP contribution in [0.4, 0.5) is 5.69 Å². The Kier molecular flexibility index (Phi) is 7.51. The van der Waals surface area contributed by atoms with Crippen LogP contribution in [0.2, 0.25) is 0 Å². The number of ether oxygens (including phenoxy) is 1. The number of methoxy groups -OCH3 is 1. The molecule has 0 radical (unpaired) electrons. The van der Waals surface area contributed by atoms with Crippen molar-refractivity contribution in [1.82, 2.24) is 9.88 Å². The summed E-state index contributed by atoms with van der Waals surface area (Å²) in [5.41, 5.74) is 3.30. The van der Waals surface area contributed by atoms with Crippen LogP contribution in [0, 0.1) is 6.92 Å². The van der Waals surface area contributed by atoms with Crippen molar-refractivity contribution in [3.63, 3.8) is 0 Å². The molecule has 1 heterocycles. The first-order valence-electron chi connectivity index (χ1n) is 9.58. The maximum absolute atomic E-state index is 5.53. The van der Waals surface area contributed by atoms with E-state index < -0.39 is 0 Å². The van der Waals surface area contributed by atoms with Crippen molar-refractivity contribution in [2.24, 2.45) is 0 Å². The highest BCUT2D eigenvalue weighted by Crippen LogP contribution is 2.31. The first-order valence-corrected chi connectivity index (χ1v) is 9.58. The van der Waals surface area contributed by atoms with Crippen LogP contribution in [0.5, 0.6) is 5.75 Å². The molecule has 0 spiro atoms. The second-order valence-corrected chi connectivity index (χ2v) is 6.58. The third kappa shape index (κ3) is 4.85. The minimum Gasteiger partial charge on any atom is -0.497 e. The number of aromatic nitrogens is 1. The molecule has 1 unspecified atom stereocenters.